The van der Waals surface area contributed by atoms with Crippen LogP contribution in [0.4, 0.5) is 4.39 Å². The molecule has 7 nitrogen and oxygen atoms in total. The number of halogens is 2. The van der Waals surface area contributed by atoms with Crippen molar-refractivity contribution in [3.8, 4) is 0 Å². The number of carbonyl (C=O) groups excluding carboxylic acids is 1. The molecular formula is C21H19ClFN5O2. The lowest BCUT2D eigenvalue weighted by atomic mass is 10.1. The molecule has 0 radical (unpaired) electrons. The number of hydrogen-bond acceptors (Lipinski definition) is 6. The number of aliphatic hydroxyl groups excluding tert-OH is 1. The molecule has 4 N–H and O–H groups in total. The Labute approximate surface area is 177 Å². The molecule has 2 heterocycles. The fraction of sp³-hybridized carbons (Fsp3) is 0.143. The summed E-state index contributed by atoms with van der Waals surface area (Å²) in [6, 6.07) is 9.65. The molecule has 3 aromatic rings. The number of nitrogens with one attached hydrogen (secondary N) is 1. The van der Waals surface area contributed by atoms with Crippen LogP contribution in [-0.2, 0) is 24.4 Å². The second kappa shape index (κ2) is 9.91. The highest BCUT2D eigenvalue weighted by Gasteiger charge is 2.15. The van der Waals surface area contributed by atoms with Gasteiger partial charge in [0.1, 0.15) is 5.82 Å². The summed E-state index contributed by atoms with van der Waals surface area (Å²) in [5.41, 5.74) is 8.41. The van der Waals surface area contributed by atoms with Gasteiger partial charge in [-0.1, -0.05) is 23.7 Å². The van der Waals surface area contributed by atoms with Gasteiger partial charge in [0.25, 0.3) is 5.91 Å². The third-order valence-corrected chi connectivity index (χ3v) is 4.50. The second-order valence-electron chi connectivity index (χ2n) is 6.38. The molecule has 0 spiro atoms. The topological polar surface area (TPSA) is 114 Å². The molecule has 0 fully saturated rings. The molecule has 9 heteroatoms. The molecule has 0 saturated carbocycles. The number of carbonyl (C=O) groups is 1. The van der Waals surface area contributed by atoms with Crippen molar-refractivity contribution in [3.05, 3.63) is 94.2 Å². The molecule has 0 atom stereocenters. The van der Waals surface area contributed by atoms with E-state index >= 15 is 0 Å². The minimum Gasteiger partial charge on any atom is -0.404 e. The van der Waals surface area contributed by atoms with Crippen LogP contribution >= 0.6 is 11.6 Å². The maximum absolute atomic E-state index is 13.3. The molecular weight excluding hydrogens is 409 g/mol. The van der Waals surface area contributed by atoms with Crippen LogP contribution in [0.15, 0.2) is 55.0 Å². The van der Waals surface area contributed by atoms with Crippen molar-refractivity contribution >= 4 is 23.1 Å². The van der Waals surface area contributed by atoms with E-state index in [0.717, 1.165) is 17.3 Å². The third-order valence-electron chi connectivity index (χ3n) is 4.21. The summed E-state index contributed by atoms with van der Waals surface area (Å²) in [4.78, 5) is 25.1. The Balaban J connectivity index is 1.65. The Kier molecular flexibility index (Phi) is 7.05. The van der Waals surface area contributed by atoms with Gasteiger partial charge in [0.05, 0.1) is 35.1 Å². The second-order valence-corrected chi connectivity index (χ2v) is 6.79. The largest absolute Gasteiger partial charge is 0.404 e. The lowest BCUT2D eigenvalue weighted by Gasteiger charge is -2.09. The predicted molar refractivity (Wildman–Crippen MR) is 110 cm³/mol. The number of aliphatic hydroxyl groups is 1. The highest BCUT2D eigenvalue weighted by molar-refractivity contribution is 6.30. The van der Waals surface area contributed by atoms with Crippen molar-refractivity contribution in [2.24, 2.45) is 5.73 Å². The van der Waals surface area contributed by atoms with Gasteiger partial charge in [-0.3, -0.25) is 9.78 Å². The number of nitrogens with two attached hydrogens (primary N) is 1. The molecule has 0 saturated heterocycles. The third kappa shape index (κ3) is 5.37. The van der Waals surface area contributed by atoms with Gasteiger partial charge < -0.3 is 16.2 Å². The number of benzene rings is 1. The van der Waals surface area contributed by atoms with Gasteiger partial charge in [-0.25, -0.2) is 14.4 Å². The van der Waals surface area contributed by atoms with Gasteiger partial charge in [-0.05, 0) is 35.4 Å². The minimum absolute atomic E-state index is 0.0501. The Bertz CT molecular complexity index is 1070. The normalized spacial score (nSPS) is 11.4. The van der Waals surface area contributed by atoms with Gasteiger partial charge in [0.15, 0.2) is 5.82 Å². The van der Waals surface area contributed by atoms with Crippen molar-refractivity contribution in [1.82, 2.24) is 20.3 Å². The van der Waals surface area contributed by atoms with E-state index in [-0.39, 0.29) is 29.6 Å². The molecule has 2 aromatic heterocycles. The summed E-state index contributed by atoms with van der Waals surface area (Å²) in [7, 11) is 0. The van der Waals surface area contributed by atoms with Crippen molar-refractivity contribution in [1.29, 1.82) is 0 Å². The molecule has 1 aromatic carbocycles. The molecule has 0 bridgehead atoms. The zero-order chi connectivity index (χ0) is 21.5. The minimum atomic E-state index is -0.478. The monoisotopic (exact) mass is 427 g/mol. The Morgan fingerprint density at radius 2 is 1.90 bits per heavy atom. The standard InChI is InChI=1S/C21H19ClFN5O2/c22-18-7-13(4-5-19(18)23)6-14-9-25-20(26-10-14)17(8-24)21(30)27-11-15-2-1-3-16(12-29)28-15/h1-5,7-10,29H,6,11-12,24H2,(H,27,30)/b17-8+. The zero-order valence-electron chi connectivity index (χ0n) is 15.8. The summed E-state index contributed by atoms with van der Waals surface area (Å²) in [5.74, 6) is -0.756. The molecule has 0 aliphatic carbocycles. The first-order chi connectivity index (χ1) is 14.5. The fourth-order valence-electron chi connectivity index (χ4n) is 2.70. The van der Waals surface area contributed by atoms with Crippen LogP contribution in [0.5, 0.6) is 0 Å². The van der Waals surface area contributed by atoms with E-state index in [4.69, 9.17) is 22.4 Å². The van der Waals surface area contributed by atoms with E-state index in [1.54, 1.807) is 42.7 Å². The number of hydrogen-bond donors (Lipinski definition) is 3. The number of aromatic nitrogens is 3. The summed E-state index contributed by atoms with van der Waals surface area (Å²) in [5, 5.41) is 11.9. The van der Waals surface area contributed by atoms with Crippen LogP contribution in [0.25, 0.3) is 5.57 Å². The molecule has 154 valence electrons. The first-order valence-corrected chi connectivity index (χ1v) is 9.39. The van der Waals surface area contributed by atoms with Crippen molar-refractivity contribution < 1.29 is 14.3 Å². The van der Waals surface area contributed by atoms with E-state index in [9.17, 15) is 9.18 Å². The zero-order valence-corrected chi connectivity index (χ0v) is 16.6. The highest BCUT2D eigenvalue weighted by Crippen LogP contribution is 2.18. The van der Waals surface area contributed by atoms with E-state index in [1.165, 1.54) is 6.07 Å². The van der Waals surface area contributed by atoms with E-state index < -0.39 is 11.7 Å². The van der Waals surface area contributed by atoms with Gasteiger partial charge >= 0.3 is 0 Å². The van der Waals surface area contributed by atoms with Crippen LogP contribution in [0.1, 0.15) is 28.3 Å². The van der Waals surface area contributed by atoms with Crippen LogP contribution in [-0.4, -0.2) is 26.0 Å². The van der Waals surface area contributed by atoms with Gasteiger partial charge in [-0.15, -0.1) is 0 Å². The molecule has 0 unspecified atom stereocenters. The van der Waals surface area contributed by atoms with Crippen LogP contribution in [0.3, 0.4) is 0 Å². The predicted octanol–water partition coefficient (Wildman–Crippen LogP) is 2.36. The Hall–Kier alpha value is -3.36. The fourth-order valence-corrected chi connectivity index (χ4v) is 2.91. The molecule has 30 heavy (non-hydrogen) atoms. The summed E-state index contributed by atoms with van der Waals surface area (Å²) >= 11 is 5.80. The lowest BCUT2D eigenvalue weighted by Crippen LogP contribution is -2.25. The highest BCUT2D eigenvalue weighted by atomic mass is 35.5. The quantitative estimate of drug-likeness (QED) is 0.499. The number of nitrogens with zero attached hydrogens (tertiary/aromatic N) is 3. The van der Waals surface area contributed by atoms with E-state index in [0.29, 0.717) is 17.8 Å². The molecule has 1 amide bonds. The summed E-state index contributed by atoms with van der Waals surface area (Å²) in [6.45, 7) is -0.0204. The van der Waals surface area contributed by atoms with Crippen molar-refractivity contribution in [3.63, 3.8) is 0 Å². The Morgan fingerprint density at radius 1 is 1.17 bits per heavy atom. The average Bonchev–Trinajstić information content (AvgIpc) is 2.76. The maximum Gasteiger partial charge on any atom is 0.256 e. The first kappa shape index (κ1) is 21.4. The number of pyridine rings is 1. The number of amides is 1. The van der Waals surface area contributed by atoms with Gasteiger partial charge in [0.2, 0.25) is 0 Å². The van der Waals surface area contributed by atoms with Crippen LogP contribution in [0.2, 0.25) is 5.02 Å². The summed E-state index contributed by atoms with van der Waals surface area (Å²) in [6.07, 6.45) is 4.74. The van der Waals surface area contributed by atoms with Gasteiger partial charge in [-0.2, -0.15) is 0 Å². The van der Waals surface area contributed by atoms with E-state index in [2.05, 4.69) is 20.3 Å². The van der Waals surface area contributed by atoms with Crippen LogP contribution in [0, 0.1) is 5.82 Å². The smallest absolute Gasteiger partial charge is 0.256 e. The SMILES string of the molecule is N/C=C(/C(=O)NCc1cccc(CO)n1)c1ncc(Cc2ccc(F)c(Cl)c2)cn1. The first-order valence-electron chi connectivity index (χ1n) is 9.01. The molecule has 0 aliphatic rings. The summed E-state index contributed by atoms with van der Waals surface area (Å²) < 4.78 is 13.3. The Morgan fingerprint density at radius 3 is 2.57 bits per heavy atom. The molecule has 0 aliphatic heterocycles. The van der Waals surface area contributed by atoms with E-state index in [1.807, 2.05) is 0 Å². The van der Waals surface area contributed by atoms with Crippen LogP contribution < -0.4 is 11.1 Å². The van der Waals surface area contributed by atoms with Crippen molar-refractivity contribution in [2.45, 2.75) is 19.6 Å². The number of rotatable bonds is 7. The van der Waals surface area contributed by atoms with Crippen molar-refractivity contribution in [2.75, 3.05) is 0 Å². The average molecular weight is 428 g/mol. The lowest BCUT2D eigenvalue weighted by molar-refractivity contribution is -0.115. The maximum atomic E-state index is 13.3. The van der Waals surface area contributed by atoms with Gasteiger partial charge in [0, 0.05) is 25.0 Å². The molecule has 3 rings (SSSR count).